The number of esters is 1. The van der Waals surface area contributed by atoms with Gasteiger partial charge in [-0.2, -0.15) is 0 Å². The van der Waals surface area contributed by atoms with Crippen molar-refractivity contribution in [3.8, 4) is 0 Å². The highest BCUT2D eigenvalue weighted by Gasteiger charge is 2.57. The number of benzene rings is 5. The molecule has 0 aromatic heterocycles. The minimum absolute atomic E-state index is 0.000494. The van der Waals surface area contributed by atoms with Crippen molar-refractivity contribution < 1.29 is 19.1 Å². The molecule has 0 fully saturated rings. The number of rotatable bonds is 7. The van der Waals surface area contributed by atoms with Crippen molar-refractivity contribution in [1.82, 2.24) is 0 Å². The van der Waals surface area contributed by atoms with Gasteiger partial charge in [0.05, 0.1) is 5.92 Å². The number of ketones is 2. The number of aryl methyl sites for hydroxylation is 1. The van der Waals surface area contributed by atoms with E-state index in [0.29, 0.717) is 16.9 Å². The molecule has 0 spiro atoms. The fourth-order valence-corrected chi connectivity index (χ4v) is 8.46. The summed E-state index contributed by atoms with van der Waals surface area (Å²) < 4.78 is 6.14. The first-order valence-electron chi connectivity index (χ1n) is 16.4. The minimum atomic E-state index is -0.548. The normalized spacial score (nSPS) is 24.0. The zero-order valence-electron chi connectivity index (χ0n) is 26.1. The van der Waals surface area contributed by atoms with Gasteiger partial charge in [0.2, 0.25) is 0 Å². The third-order valence-corrected chi connectivity index (χ3v) is 10.4. The van der Waals surface area contributed by atoms with Gasteiger partial charge in [-0.05, 0) is 35.3 Å². The van der Waals surface area contributed by atoms with Crippen molar-refractivity contribution in [2.75, 3.05) is 0 Å². The van der Waals surface area contributed by atoms with Crippen LogP contribution in [0.5, 0.6) is 0 Å². The highest BCUT2D eigenvalue weighted by molar-refractivity contribution is 6.02. The van der Waals surface area contributed by atoms with Crippen molar-refractivity contribution in [3.05, 3.63) is 184 Å². The first kappa shape index (κ1) is 29.1. The van der Waals surface area contributed by atoms with Gasteiger partial charge < -0.3 is 4.74 Å². The summed E-state index contributed by atoms with van der Waals surface area (Å²) in [5.41, 5.74) is 7.46. The smallest absolute Gasteiger partial charge is 0.315 e. The summed E-state index contributed by atoms with van der Waals surface area (Å²) in [4.78, 5) is 42.9. The molecule has 2 aliphatic carbocycles. The van der Waals surface area contributed by atoms with Crippen molar-refractivity contribution in [2.24, 2.45) is 11.8 Å². The van der Waals surface area contributed by atoms with E-state index in [-0.39, 0.29) is 47.6 Å². The molecule has 0 N–H and O–H groups in total. The molecule has 0 radical (unpaired) electrons. The van der Waals surface area contributed by atoms with E-state index < -0.39 is 11.8 Å². The fraction of sp³-hybridized carbons (Fsp3) is 0.186. The highest BCUT2D eigenvalue weighted by atomic mass is 16.5. The molecule has 4 nitrogen and oxygen atoms in total. The molecule has 1 unspecified atom stereocenters. The number of ether oxygens (including phenoxy) is 1. The van der Waals surface area contributed by atoms with E-state index in [9.17, 15) is 14.4 Å². The van der Waals surface area contributed by atoms with Gasteiger partial charge in [-0.3, -0.25) is 14.4 Å². The maximum absolute atomic E-state index is 14.8. The lowest BCUT2D eigenvalue weighted by molar-refractivity contribution is -0.143. The summed E-state index contributed by atoms with van der Waals surface area (Å²) in [6, 6.07) is 43.0. The average Bonchev–Trinajstić information content (AvgIpc) is 3.61. The van der Waals surface area contributed by atoms with Crippen LogP contribution in [0.2, 0.25) is 0 Å². The third kappa shape index (κ3) is 4.96. The lowest BCUT2D eigenvalue weighted by atomic mass is 9.68. The Morgan fingerprint density at radius 1 is 0.617 bits per heavy atom. The number of carbonyl (C=O) groups excluding carboxylic acids is 3. The van der Waals surface area contributed by atoms with Crippen LogP contribution >= 0.6 is 0 Å². The van der Waals surface area contributed by atoms with E-state index in [2.05, 4.69) is 43.3 Å². The molecule has 0 bridgehead atoms. The topological polar surface area (TPSA) is 60.4 Å². The molecule has 47 heavy (non-hydrogen) atoms. The zero-order chi connectivity index (χ0) is 32.1. The van der Waals surface area contributed by atoms with Crippen LogP contribution in [0, 0.1) is 18.8 Å². The third-order valence-electron chi connectivity index (χ3n) is 10.4. The molecule has 3 aliphatic rings. The quantitative estimate of drug-likeness (QED) is 0.136. The Kier molecular flexibility index (Phi) is 7.29. The average molecular weight is 615 g/mol. The number of hydrogen-bond acceptors (Lipinski definition) is 4. The summed E-state index contributed by atoms with van der Waals surface area (Å²) in [6.45, 7) is 2.07. The lowest BCUT2D eigenvalue weighted by Crippen LogP contribution is -2.34. The van der Waals surface area contributed by atoms with Crippen molar-refractivity contribution in [2.45, 2.75) is 37.0 Å². The van der Waals surface area contributed by atoms with Crippen LogP contribution in [0.4, 0.5) is 0 Å². The number of Topliss-reactive ketones (excluding diaryl/α,β-unsaturated/α-hetero) is 2. The van der Waals surface area contributed by atoms with Gasteiger partial charge in [-0.1, -0.05) is 139 Å². The molecule has 5 aromatic carbocycles. The van der Waals surface area contributed by atoms with Crippen LogP contribution in [0.25, 0.3) is 5.76 Å². The van der Waals surface area contributed by atoms with Crippen LogP contribution in [0.3, 0.4) is 0 Å². The molecule has 0 saturated carbocycles. The van der Waals surface area contributed by atoms with E-state index >= 15 is 0 Å². The van der Waals surface area contributed by atoms with Crippen molar-refractivity contribution >= 4 is 23.3 Å². The molecule has 6 atom stereocenters. The molecule has 5 aromatic rings. The number of cyclic esters (lactones) is 1. The summed E-state index contributed by atoms with van der Waals surface area (Å²) >= 11 is 0. The number of allylic oxidation sites excluding steroid dienone is 1. The second-order valence-corrected chi connectivity index (χ2v) is 13.0. The van der Waals surface area contributed by atoms with Crippen LogP contribution in [-0.4, -0.2) is 17.5 Å². The number of fused-ring (bicyclic) bond motifs is 4. The maximum Gasteiger partial charge on any atom is 0.315 e. The van der Waals surface area contributed by atoms with Crippen LogP contribution in [-0.2, 0) is 9.53 Å². The first-order chi connectivity index (χ1) is 23.0. The Morgan fingerprint density at radius 2 is 1.21 bits per heavy atom. The van der Waals surface area contributed by atoms with E-state index in [1.165, 1.54) is 0 Å². The molecular weight excluding hydrogens is 580 g/mol. The van der Waals surface area contributed by atoms with E-state index in [1.807, 2.05) is 103 Å². The largest absolute Gasteiger partial charge is 0.426 e. The highest BCUT2D eigenvalue weighted by Crippen LogP contribution is 2.63. The lowest BCUT2D eigenvalue weighted by Gasteiger charge is -2.34. The SMILES string of the molecule is Cc1ccc2c(c1)[C@H]1C=C(c3ccccc3)OC(=O)[C@H]1[C@@H]2C1c2ccccc2[C@@H](CC(=O)c2ccccc2)[C@@H]1C(=O)c1ccccc1. The second kappa shape index (κ2) is 11.8. The Labute approximate surface area is 274 Å². The van der Waals surface area contributed by atoms with E-state index in [1.54, 1.807) is 0 Å². The van der Waals surface area contributed by atoms with Crippen LogP contribution < -0.4 is 0 Å². The van der Waals surface area contributed by atoms with Crippen LogP contribution in [0.15, 0.2) is 140 Å². The predicted molar refractivity (Wildman–Crippen MR) is 182 cm³/mol. The molecule has 1 aliphatic heterocycles. The fourth-order valence-electron chi connectivity index (χ4n) is 8.46. The van der Waals surface area contributed by atoms with Crippen molar-refractivity contribution in [1.29, 1.82) is 0 Å². The molecule has 4 heteroatoms. The van der Waals surface area contributed by atoms with Crippen LogP contribution in [0.1, 0.15) is 84.2 Å². The predicted octanol–water partition coefficient (Wildman–Crippen LogP) is 9.04. The van der Waals surface area contributed by atoms with Gasteiger partial charge in [0.25, 0.3) is 0 Å². The van der Waals surface area contributed by atoms with Crippen molar-refractivity contribution in [3.63, 3.8) is 0 Å². The van der Waals surface area contributed by atoms with Gasteiger partial charge in [-0.25, -0.2) is 0 Å². The second-order valence-electron chi connectivity index (χ2n) is 13.0. The minimum Gasteiger partial charge on any atom is -0.426 e. The molecule has 1 heterocycles. The summed E-state index contributed by atoms with van der Waals surface area (Å²) in [7, 11) is 0. The zero-order valence-corrected chi connectivity index (χ0v) is 26.1. The Balaban J connectivity index is 1.30. The summed E-state index contributed by atoms with van der Waals surface area (Å²) in [5, 5.41) is 0. The van der Waals surface area contributed by atoms with E-state index in [0.717, 1.165) is 33.4 Å². The number of carbonyl (C=O) groups is 3. The monoisotopic (exact) mass is 614 g/mol. The van der Waals surface area contributed by atoms with Gasteiger partial charge >= 0.3 is 5.97 Å². The van der Waals surface area contributed by atoms with Gasteiger partial charge in [0, 0.05) is 52.7 Å². The molecular formula is C43H34O4. The maximum atomic E-state index is 14.8. The summed E-state index contributed by atoms with van der Waals surface area (Å²) in [5.74, 6) is -1.95. The number of hydrogen-bond donors (Lipinski definition) is 0. The first-order valence-corrected chi connectivity index (χ1v) is 16.4. The molecule has 8 rings (SSSR count). The standard InChI is InChI=1S/C43H34O4/c1-26-21-22-32-33(23-26)35-25-37(28-15-7-3-8-16-28)47-43(46)41(35)39(32)38-31-20-12-11-19-30(31)34(24-36(44)27-13-5-2-6-14-27)40(38)42(45)29-17-9-4-10-18-29/h2-23,25,34-35,38-41H,24H2,1H3/t34-,35-,38?,39+,40+,41-/m1/s1. The Hall–Kier alpha value is -5.35. The summed E-state index contributed by atoms with van der Waals surface area (Å²) in [6.07, 6.45) is 2.30. The van der Waals surface area contributed by atoms with Gasteiger partial charge in [0.1, 0.15) is 5.76 Å². The van der Waals surface area contributed by atoms with Gasteiger partial charge in [0.15, 0.2) is 11.6 Å². The molecule has 0 saturated heterocycles. The van der Waals surface area contributed by atoms with Gasteiger partial charge in [-0.15, -0.1) is 0 Å². The molecule has 0 amide bonds. The Morgan fingerprint density at radius 3 is 1.91 bits per heavy atom. The Bertz CT molecular complexity index is 2030. The molecule has 230 valence electrons. The van der Waals surface area contributed by atoms with E-state index in [4.69, 9.17) is 4.74 Å².